The molecule has 4 nitrogen and oxygen atoms in total. The van der Waals surface area contributed by atoms with Gasteiger partial charge in [-0.05, 0) is 43.4 Å². The molecule has 0 atom stereocenters. The van der Waals surface area contributed by atoms with Crippen LogP contribution in [0.2, 0.25) is 0 Å². The lowest BCUT2D eigenvalue weighted by Gasteiger charge is -2.28. The summed E-state index contributed by atoms with van der Waals surface area (Å²) >= 11 is 0. The van der Waals surface area contributed by atoms with Gasteiger partial charge in [0.25, 0.3) is 0 Å². The van der Waals surface area contributed by atoms with Gasteiger partial charge in [0.15, 0.2) is 0 Å². The van der Waals surface area contributed by atoms with Crippen LogP contribution in [0.25, 0.3) is 0 Å². The average Bonchev–Trinajstić information content (AvgIpc) is 2.45. The first-order valence-electron chi connectivity index (χ1n) is 7.17. The van der Waals surface area contributed by atoms with E-state index in [0.717, 1.165) is 24.0 Å². The molecule has 0 bridgehead atoms. The maximum atomic E-state index is 12.7. The molecule has 5 heteroatoms. The second-order valence-electron chi connectivity index (χ2n) is 5.37. The Morgan fingerprint density at radius 3 is 2.25 bits per heavy atom. The molecular formula is C15H26N2O2S. The summed E-state index contributed by atoms with van der Waals surface area (Å²) in [6.07, 6.45) is 2.18. The smallest absolute Gasteiger partial charge is 0.241 e. The molecule has 1 aromatic rings. The molecule has 1 aromatic carbocycles. The first-order chi connectivity index (χ1) is 9.31. The Hall–Kier alpha value is -0.910. The first-order valence-corrected chi connectivity index (χ1v) is 8.66. The van der Waals surface area contributed by atoms with Crippen LogP contribution >= 0.6 is 0 Å². The van der Waals surface area contributed by atoms with Crippen LogP contribution in [0.3, 0.4) is 0 Å². The third-order valence-electron chi connectivity index (χ3n) is 3.98. The molecule has 0 amide bonds. The molecule has 0 radical (unpaired) electrons. The molecule has 0 aromatic heterocycles. The lowest BCUT2D eigenvalue weighted by atomic mass is 9.98. The first kappa shape index (κ1) is 17.1. The fourth-order valence-electron chi connectivity index (χ4n) is 2.04. The summed E-state index contributed by atoms with van der Waals surface area (Å²) < 4.78 is 28.2. The zero-order valence-corrected chi connectivity index (χ0v) is 13.7. The SMILES string of the molecule is CCc1ccc(CN)cc1S(=O)(=O)NC(C)(CC)CC. The zero-order chi connectivity index (χ0) is 15.4. The topological polar surface area (TPSA) is 72.2 Å². The summed E-state index contributed by atoms with van der Waals surface area (Å²) in [5.41, 5.74) is 6.86. The molecule has 0 fully saturated rings. The summed E-state index contributed by atoms with van der Waals surface area (Å²) in [5, 5.41) is 0. The number of rotatable bonds is 7. The minimum absolute atomic E-state index is 0.339. The van der Waals surface area contributed by atoms with Gasteiger partial charge < -0.3 is 5.73 Å². The van der Waals surface area contributed by atoms with Crippen LogP contribution in [0.4, 0.5) is 0 Å². The van der Waals surface area contributed by atoms with Gasteiger partial charge in [-0.1, -0.05) is 32.9 Å². The van der Waals surface area contributed by atoms with Crippen LogP contribution in [0.1, 0.15) is 51.7 Å². The van der Waals surface area contributed by atoms with Gasteiger partial charge in [0.1, 0.15) is 0 Å². The number of benzene rings is 1. The highest BCUT2D eigenvalue weighted by atomic mass is 32.2. The van der Waals surface area contributed by atoms with Crippen LogP contribution < -0.4 is 10.5 Å². The molecule has 0 heterocycles. The Kier molecular flexibility index (Phi) is 5.74. The second kappa shape index (κ2) is 6.70. The van der Waals surface area contributed by atoms with Gasteiger partial charge in [-0.25, -0.2) is 13.1 Å². The van der Waals surface area contributed by atoms with Gasteiger partial charge in [-0.3, -0.25) is 0 Å². The summed E-state index contributed by atoms with van der Waals surface area (Å²) in [6.45, 7) is 8.20. The van der Waals surface area contributed by atoms with Crippen LogP contribution in [0.5, 0.6) is 0 Å². The Morgan fingerprint density at radius 2 is 1.80 bits per heavy atom. The van der Waals surface area contributed by atoms with Crippen molar-refractivity contribution in [2.24, 2.45) is 5.73 Å². The highest BCUT2D eigenvalue weighted by Crippen LogP contribution is 2.23. The van der Waals surface area contributed by atoms with E-state index in [2.05, 4.69) is 4.72 Å². The average molecular weight is 298 g/mol. The largest absolute Gasteiger partial charge is 0.326 e. The van der Waals surface area contributed by atoms with E-state index in [1.807, 2.05) is 39.8 Å². The summed E-state index contributed by atoms with van der Waals surface area (Å²) in [5.74, 6) is 0. The minimum atomic E-state index is -3.52. The molecule has 0 saturated heterocycles. The Bertz CT molecular complexity index is 549. The van der Waals surface area contributed by atoms with Crippen molar-refractivity contribution in [1.82, 2.24) is 4.72 Å². The van der Waals surface area contributed by atoms with E-state index >= 15 is 0 Å². The van der Waals surface area contributed by atoms with E-state index in [9.17, 15) is 8.42 Å². The third-order valence-corrected chi connectivity index (χ3v) is 5.70. The van der Waals surface area contributed by atoms with E-state index in [1.165, 1.54) is 0 Å². The van der Waals surface area contributed by atoms with E-state index in [-0.39, 0.29) is 0 Å². The van der Waals surface area contributed by atoms with Crippen LogP contribution in [-0.2, 0) is 23.0 Å². The van der Waals surface area contributed by atoms with Crippen molar-refractivity contribution in [3.05, 3.63) is 29.3 Å². The van der Waals surface area contributed by atoms with Crippen molar-refractivity contribution in [1.29, 1.82) is 0 Å². The monoisotopic (exact) mass is 298 g/mol. The van der Waals surface area contributed by atoms with Crippen LogP contribution in [-0.4, -0.2) is 14.0 Å². The predicted molar refractivity (Wildman–Crippen MR) is 83.0 cm³/mol. The van der Waals surface area contributed by atoms with Crippen molar-refractivity contribution < 1.29 is 8.42 Å². The predicted octanol–water partition coefficient (Wildman–Crippen LogP) is 2.56. The Balaban J connectivity index is 3.27. The van der Waals surface area contributed by atoms with Gasteiger partial charge in [0.05, 0.1) is 4.90 Å². The zero-order valence-electron chi connectivity index (χ0n) is 12.9. The molecular weight excluding hydrogens is 272 g/mol. The molecule has 3 N–H and O–H groups in total. The Labute approximate surface area is 122 Å². The maximum Gasteiger partial charge on any atom is 0.241 e. The molecule has 0 aliphatic rings. The van der Waals surface area contributed by atoms with Crippen molar-refractivity contribution >= 4 is 10.0 Å². The number of aryl methyl sites for hydroxylation is 1. The van der Waals surface area contributed by atoms with Crippen LogP contribution in [0.15, 0.2) is 23.1 Å². The highest BCUT2D eigenvalue weighted by molar-refractivity contribution is 7.89. The van der Waals surface area contributed by atoms with E-state index < -0.39 is 15.6 Å². The summed E-state index contributed by atoms with van der Waals surface area (Å²) in [6, 6.07) is 5.43. The molecule has 114 valence electrons. The molecule has 0 spiro atoms. The van der Waals surface area contributed by atoms with Gasteiger partial charge in [-0.15, -0.1) is 0 Å². The van der Waals surface area contributed by atoms with Gasteiger partial charge >= 0.3 is 0 Å². The van der Waals surface area contributed by atoms with Gasteiger partial charge in [-0.2, -0.15) is 0 Å². The van der Waals surface area contributed by atoms with E-state index in [1.54, 1.807) is 6.07 Å². The van der Waals surface area contributed by atoms with Crippen LogP contribution in [0, 0.1) is 0 Å². The lowest BCUT2D eigenvalue weighted by Crippen LogP contribution is -2.45. The maximum absolute atomic E-state index is 12.7. The normalized spacial score (nSPS) is 12.7. The molecule has 1 rings (SSSR count). The number of nitrogens with one attached hydrogen (secondary N) is 1. The molecule has 0 saturated carbocycles. The summed E-state index contributed by atoms with van der Waals surface area (Å²) in [7, 11) is -3.52. The van der Waals surface area contributed by atoms with Crippen molar-refractivity contribution in [2.75, 3.05) is 0 Å². The minimum Gasteiger partial charge on any atom is -0.326 e. The Morgan fingerprint density at radius 1 is 1.20 bits per heavy atom. The summed E-state index contributed by atoms with van der Waals surface area (Å²) in [4.78, 5) is 0.357. The van der Waals surface area contributed by atoms with Gasteiger partial charge in [0, 0.05) is 12.1 Å². The standard InChI is InChI=1S/C15H26N2O2S/c1-5-13-9-8-12(11-16)10-14(13)20(18,19)17-15(4,6-2)7-3/h8-10,17H,5-7,11,16H2,1-4H3. The van der Waals surface area contributed by atoms with E-state index in [4.69, 9.17) is 5.73 Å². The molecule has 0 aliphatic heterocycles. The van der Waals surface area contributed by atoms with Crippen molar-refractivity contribution in [3.63, 3.8) is 0 Å². The van der Waals surface area contributed by atoms with E-state index in [0.29, 0.717) is 17.9 Å². The number of hydrogen-bond acceptors (Lipinski definition) is 3. The molecule has 20 heavy (non-hydrogen) atoms. The number of hydrogen-bond donors (Lipinski definition) is 2. The van der Waals surface area contributed by atoms with Crippen molar-refractivity contribution in [2.45, 2.75) is 63.9 Å². The quantitative estimate of drug-likeness (QED) is 0.812. The van der Waals surface area contributed by atoms with Gasteiger partial charge in [0.2, 0.25) is 10.0 Å². The number of nitrogens with two attached hydrogens (primary N) is 1. The molecule has 0 aliphatic carbocycles. The third kappa shape index (κ3) is 3.81. The molecule has 0 unspecified atom stereocenters. The fourth-order valence-corrected chi connectivity index (χ4v) is 3.95. The number of sulfonamides is 1. The fraction of sp³-hybridized carbons (Fsp3) is 0.600. The van der Waals surface area contributed by atoms with Crippen molar-refractivity contribution in [3.8, 4) is 0 Å². The highest BCUT2D eigenvalue weighted by Gasteiger charge is 2.28. The second-order valence-corrected chi connectivity index (χ2v) is 7.02. The lowest BCUT2D eigenvalue weighted by molar-refractivity contribution is 0.388.